The lowest BCUT2D eigenvalue weighted by atomic mass is 10.1. The molecule has 2 heterocycles. The average molecular weight is 521 g/mol. The van der Waals surface area contributed by atoms with Crippen molar-refractivity contribution >= 4 is 29.9 Å². The molecule has 1 N–H and O–H groups in total. The number of aliphatic imine (C=N–C) groups is 1. The van der Waals surface area contributed by atoms with Gasteiger partial charge in [-0.25, -0.2) is 4.99 Å². The van der Waals surface area contributed by atoms with Gasteiger partial charge in [0.1, 0.15) is 11.9 Å². The van der Waals surface area contributed by atoms with Crippen molar-refractivity contribution < 1.29 is 9.47 Å². The van der Waals surface area contributed by atoms with Crippen LogP contribution in [0.2, 0.25) is 0 Å². The van der Waals surface area contributed by atoms with Gasteiger partial charge in [0.25, 0.3) is 0 Å². The Morgan fingerprint density at radius 3 is 2.77 bits per heavy atom. The minimum Gasteiger partial charge on any atom is -0.488 e. The highest BCUT2D eigenvalue weighted by Crippen LogP contribution is 2.28. The molecule has 1 fully saturated rings. The van der Waals surface area contributed by atoms with Gasteiger partial charge in [0, 0.05) is 32.0 Å². The zero-order valence-electron chi connectivity index (χ0n) is 17.6. The quantitative estimate of drug-likeness (QED) is 0.339. The van der Waals surface area contributed by atoms with Gasteiger partial charge in [0.15, 0.2) is 5.96 Å². The van der Waals surface area contributed by atoms with E-state index in [9.17, 15) is 0 Å². The molecule has 30 heavy (non-hydrogen) atoms. The number of benzene rings is 2. The monoisotopic (exact) mass is 521 g/mol. The number of likely N-dealkylation sites (tertiary alicyclic amines) is 1. The van der Waals surface area contributed by atoms with Gasteiger partial charge in [-0.05, 0) is 30.5 Å². The van der Waals surface area contributed by atoms with E-state index in [0.29, 0.717) is 19.1 Å². The summed E-state index contributed by atoms with van der Waals surface area (Å²) in [6.45, 7) is 7.17. The second-order valence-electron chi connectivity index (χ2n) is 7.85. The molecular formula is C24H32IN3O2. The molecule has 2 aliphatic rings. The molecule has 0 radical (unpaired) electrons. The van der Waals surface area contributed by atoms with Crippen LogP contribution < -0.4 is 10.1 Å². The first kappa shape index (κ1) is 22.9. The summed E-state index contributed by atoms with van der Waals surface area (Å²) in [5.41, 5.74) is 2.52. The van der Waals surface area contributed by atoms with Crippen molar-refractivity contribution in [2.75, 3.05) is 32.8 Å². The van der Waals surface area contributed by atoms with Gasteiger partial charge in [-0.15, -0.1) is 24.0 Å². The van der Waals surface area contributed by atoms with Crippen molar-refractivity contribution in [3.05, 3.63) is 65.7 Å². The molecule has 2 aromatic rings. The standard InChI is InChI=1S/C24H31N3O2.HI/c1-2-25-24(26-15-22-14-21-10-6-7-11-23(21)29-22)27-13-12-20(16-27)18-28-17-19-8-4-3-5-9-19;/h3-11,20,22H,2,12-18H2,1H3,(H,25,26);1H. The van der Waals surface area contributed by atoms with Crippen LogP contribution in [0.1, 0.15) is 24.5 Å². The van der Waals surface area contributed by atoms with Crippen LogP contribution in [0.25, 0.3) is 0 Å². The molecule has 0 aliphatic carbocycles. The van der Waals surface area contributed by atoms with E-state index in [1.807, 2.05) is 18.2 Å². The van der Waals surface area contributed by atoms with Gasteiger partial charge in [0.2, 0.25) is 0 Å². The molecule has 1 saturated heterocycles. The average Bonchev–Trinajstić information content (AvgIpc) is 3.38. The summed E-state index contributed by atoms with van der Waals surface area (Å²) in [6.07, 6.45) is 2.22. The Balaban J connectivity index is 0.00000256. The van der Waals surface area contributed by atoms with E-state index in [2.05, 4.69) is 53.5 Å². The van der Waals surface area contributed by atoms with Crippen LogP contribution in [-0.2, 0) is 17.8 Å². The minimum atomic E-state index is 0. The number of para-hydroxylation sites is 1. The first-order valence-corrected chi connectivity index (χ1v) is 10.7. The van der Waals surface area contributed by atoms with Gasteiger partial charge >= 0.3 is 0 Å². The summed E-state index contributed by atoms with van der Waals surface area (Å²) >= 11 is 0. The number of halogens is 1. The Morgan fingerprint density at radius 1 is 1.17 bits per heavy atom. The Bertz CT molecular complexity index is 790. The third kappa shape index (κ3) is 6.11. The maximum Gasteiger partial charge on any atom is 0.194 e. The fourth-order valence-corrected chi connectivity index (χ4v) is 4.05. The van der Waals surface area contributed by atoms with Crippen molar-refractivity contribution in [1.29, 1.82) is 0 Å². The number of guanidine groups is 1. The molecule has 4 rings (SSSR count). The molecule has 162 valence electrons. The SMILES string of the molecule is CCNC(=NCC1Cc2ccccc2O1)N1CCC(COCc2ccccc2)C1.I. The third-order valence-corrected chi connectivity index (χ3v) is 5.54. The predicted octanol–water partition coefficient (Wildman–Crippen LogP) is 4.11. The van der Waals surface area contributed by atoms with Crippen LogP contribution >= 0.6 is 24.0 Å². The highest BCUT2D eigenvalue weighted by molar-refractivity contribution is 14.0. The smallest absolute Gasteiger partial charge is 0.194 e. The maximum atomic E-state index is 6.04. The first-order valence-electron chi connectivity index (χ1n) is 10.7. The van der Waals surface area contributed by atoms with Crippen molar-refractivity contribution in [3.63, 3.8) is 0 Å². The van der Waals surface area contributed by atoms with Crippen LogP contribution in [0.5, 0.6) is 5.75 Å². The summed E-state index contributed by atoms with van der Waals surface area (Å²) < 4.78 is 12.0. The largest absolute Gasteiger partial charge is 0.488 e. The molecule has 0 amide bonds. The van der Waals surface area contributed by atoms with Gasteiger partial charge in [0.05, 0.1) is 19.8 Å². The summed E-state index contributed by atoms with van der Waals surface area (Å²) in [6, 6.07) is 18.7. The van der Waals surface area contributed by atoms with E-state index in [1.165, 1.54) is 11.1 Å². The lowest BCUT2D eigenvalue weighted by molar-refractivity contribution is 0.0906. The lowest BCUT2D eigenvalue weighted by Gasteiger charge is -2.22. The summed E-state index contributed by atoms with van der Waals surface area (Å²) in [5, 5.41) is 3.45. The highest BCUT2D eigenvalue weighted by Gasteiger charge is 2.26. The molecule has 0 spiro atoms. The maximum absolute atomic E-state index is 6.04. The van der Waals surface area contributed by atoms with Crippen molar-refractivity contribution in [2.45, 2.75) is 32.5 Å². The molecule has 0 bridgehead atoms. The molecular weight excluding hydrogens is 489 g/mol. The molecule has 2 atom stereocenters. The third-order valence-electron chi connectivity index (χ3n) is 5.54. The topological polar surface area (TPSA) is 46.1 Å². The van der Waals surface area contributed by atoms with Crippen molar-refractivity contribution in [1.82, 2.24) is 10.2 Å². The number of nitrogens with zero attached hydrogens (tertiary/aromatic N) is 2. The lowest BCUT2D eigenvalue weighted by Crippen LogP contribution is -2.41. The van der Waals surface area contributed by atoms with Crippen LogP contribution in [-0.4, -0.2) is 49.7 Å². The fourth-order valence-electron chi connectivity index (χ4n) is 4.05. The minimum absolute atomic E-state index is 0. The van der Waals surface area contributed by atoms with Crippen LogP contribution in [0.4, 0.5) is 0 Å². The summed E-state index contributed by atoms with van der Waals surface area (Å²) in [7, 11) is 0. The van der Waals surface area contributed by atoms with Crippen LogP contribution in [0, 0.1) is 5.92 Å². The van der Waals surface area contributed by atoms with Gasteiger partial charge in [-0.2, -0.15) is 0 Å². The Kier molecular flexibility index (Phi) is 8.81. The van der Waals surface area contributed by atoms with E-state index >= 15 is 0 Å². The van der Waals surface area contributed by atoms with Crippen molar-refractivity contribution in [3.8, 4) is 5.75 Å². The van der Waals surface area contributed by atoms with Crippen LogP contribution in [0.3, 0.4) is 0 Å². The summed E-state index contributed by atoms with van der Waals surface area (Å²) in [4.78, 5) is 7.25. The second-order valence-corrected chi connectivity index (χ2v) is 7.85. The second kappa shape index (κ2) is 11.6. The van der Waals surface area contributed by atoms with Crippen molar-refractivity contribution in [2.24, 2.45) is 10.9 Å². The fraction of sp³-hybridized carbons (Fsp3) is 0.458. The number of fused-ring (bicyclic) bond motifs is 1. The number of hydrogen-bond donors (Lipinski definition) is 1. The van der Waals surface area contributed by atoms with E-state index in [4.69, 9.17) is 14.5 Å². The Labute approximate surface area is 196 Å². The number of hydrogen-bond acceptors (Lipinski definition) is 3. The normalized spacial score (nSPS) is 20.4. The van der Waals surface area contributed by atoms with Gasteiger partial charge in [-0.3, -0.25) is 0 Å². The molecule has 2 unspecified atom stereocenters. The number of ether oxygens (including phenoxy) is 2. The molecule has 0 aromatic heterocycles. The predicted molar refractivity (Wildman–Crippen MR) is 132 cm³/mol. The molecule has 6 heteroatoms. The molecule has 2 aliphatic heterocycles. The molecule has 0 saturated carbocycles. The van der Waals surface area contributed by atoms with Crippen LogP contribution in [0.15, 0.2) is 59.6 Å². The zero-order chi connectivity index (χ0) is 19.9. The Morgan fingerprint density at radius 2 is 1.97 bits per heavy atom. The highest BCUT2D eigenvalue weighted by atomic mass is 127. The molecule has 2 aromatic carbocycles. The number of nitrogens with one attached hydrogen (secondary N) is 1. The zero-order valence-corrected chi connectivity index (χ0v) is 20.0. The van der Waals surface area contributed by atoms with Gasteiger partial charge in [-0.1, -0.05) is 48.5 Å². The number of rotatable bonds is 7. The van der Waals surface area contributed by atoms with E-state index in [0.717, 1.165) is 50.8 Å². The summed E-state index contributed by atoms with van der Waals surface area (Å²) in [5.74, 6) is 2.56. The van der Waals surface area contributed by atoms with E-state index < -0.39 is 0 Å². The van der Waals surface area contributed by atoms with E-state index in [-0.39, 0.29) is 30.1 Å². The molecule has 5 nitrogen and oxygen atoms in total. The van der Waals surface area contributed by atoms with E-state index in [1.54, 1.807) is 0 Å². The Hall–Kier alpha value is -1.80. The first-order chi connectivity index (χ1) is 14.3. The van der Waals surface area contributed by atoms with Gasteiger partial charge < -0.3 is 19.7 Å².